The number of ether oxygens (including phenoxy) is 1. The first-order valence-electron chi connectivity index (χ1n) is 6.46. The molecule has 1 heterocycles. The molecule has 0 fully saturated rings. The van der Waals surface area contributed by atoms with Crippen molar-refractivity contribution in [1.82, 2.24) is 4.98 Å². The van der Waals surface area contributed by atoms with E-state index in [1.807, 2.05) is 18.2 Å². The molecule has 0 aliphatic heterocycles. The van der Waals surface area contributed by atoms with Crippen LogP contribution in [0.25, 0.3) is 10.9 Å². The maximum Gasteiger partial charge on any atom is 0.305 e. The van der Waals surface area contributed by atoms with Crippen LogP contribution in [0.15, 0.2) is 30.5 Å². The molecular weight excluding hydrogens is 297 g/mol. The maximum absolute atomic E-state index is 11.4. The quantitative estimate of drug-likeness (QED) is 0.602. The minimum absolute atomic E-state index is 0.232. The van der Waals surface area contributed by atoms with Gasteiger partial charge in [0.25, 0.3) is 0 Å². The molecule has 0 amide bonds. The molecule has 1 aromatic heterocycles. The van der Waals surface area contributed by atoms with E-state index in [9.17, 15) is 4.79 Å². The van der Waals surface area contributed by atoms with Crippen molar-refractivity contribution in [2.24, 2.45) is 0 Å². The number of halogens is 2. The van der Waals surface area contributed by atoms with E-state index < -0.39 is 0 Å². The van der Waals surface area contributed by atoms with Crippen molar-refractivity contribution in [3.05, 3.63) is 41.0 Å². The second-order valence-corrected chi connectivity index (χ2v) is 5.28. The number of alkyl halides is 1. The molecule has 0 bridgehead atoms. The number of hydrogen-bond donors (Lipinski definition) is 0. The highest BCUT2D eigenvalue weighted by atomic mass is 35.5. The van der Waals surface area contributed by atoms with Gasteiger partial charge >= 0.3 is 5.97 Å². The van der Waals surface area contributed by atoms with Crippen LogP contribution in [0.4, 0.5) is 0 Å². The minimum Gasteiger partial charge on any atom is -0.466 e. The highest BCUT2D eigenvalue weighted by molar-refractivity contribution is 6.35. The SMILES string of the molecule is CCOC(=O)CCC(Cl)c1ccc(Cl)c2cccnc12. The van der Waals surface area contributed by atoms with E-state index in [4.69, 9.17) is 27.9 Å². The Morgan fingerprint density at radius 2 is 2.20 bits per heavy atom. The Hall–Kier alpha value is -1.32. The van der Waals surface area contributed by atoms with E-state index in [2.05, 4.69) is 4.98 Å². The molecular formula is C15H15Cl2NO2. The summed E-state index contributed by atoms with van der Waals surface area (Å²) in [6.07, 6.45) is 2.50. The third-order valence-corrected chi connectivity index (χ3v) is 3.78. The lowest BCUT2D eigenvalue weighted by Crippen LogP contribution is -2.05. The van der Waals surface area contributed by atoms with Crippen LogP contribution in [0.5, 0.6) is 0 Å². The van der Waals surface area contributed by atoms with E-state index in [0.29, 0.717) is 24.5 Å². The predicted molar refractivity (Wildman–Crippen MR) is 81.2 cm³/mol. The zero-order valence-electron chi connectivity index (χ0n) is 11.1. The fourth-order valence-corrected chi connectivity index (χ4v) is 2.55. The molecule has 0 spiro atoms. The van der Waals surface area contributed by atoms with E-state index in [1.165, 1.54) is 0 Å². The van der Waals surface area contributed by atoms with Gasteiger partial charge in [0.1, 0.15) is 0 Å². The molecule has 1 atom stereocenters. The van der Waals surface area contributed by atoms with Crippen molar-refractivity contribution >= 4 is 40.1 Å². The monoisotopic (exact) mass is 311 g/mol. The first-order chi connectivity index (χ1) is 9.63. The third kappa shape index (κ3) is 3.41. The molecule has 20 heavy (non-hydrogen) atoms. The van der Waals surface area contributed by atoms with Gasteiger partial charge in [0.05, 0.1) is 17.5 Å². The van der Waals surface area contributed by atoms with Gasteiger partial charge in [-0.15, -0.1) is 11.6 Å². The van der Waals surface area contributed by atoms with E-state index in [1.54, 1.807) is 19.2 Å². The molecule has 2 aromatic rings. The molecule has 106 valence electrons. The number of pyridine rings is 1. The maximum atomic E-state index is 11.4. The van der Waals surface area contributed by atoms with Crippen molar-refractivity contribution in [1.29, 1.82) is 0 Å². The molecule has 0 aliphatic carbocycles. The highest BCUT2D eigenvalue weighted by Crippen LogP contribution is 2.33. The minimum atomic E-state index is -0.297. The van der Waals surface area contributed by atoms with E-state index in [-0.39, 0.29) is 11.3 Å². The summed E-state index contributed by atoms with van der Waals surface area (Å²) < 4.78 is 4.90. The smallest absolute Gasteiger partial charge is 0.305 e. The second-order valence-electron chi connectivity index (χ2n) is 4.35. The number of carbonyl (C=O) groups excluding carboxylic acids is 1. The van der Waals surface area contributed by atoms with Crippen LogP contribution in [-0.4, -0.2) is 17.6 Å². The fourth-order valence-electron chi connectivity index (χ4n) is 2.05. The molecule has 2 rings (SSSR count). The lowest BCUT2D eigenvalue weighted by molar-refractivity contribution is -0.143. The van der Waals surface area contributed by atoms with Crippen molar-refractivity contribution in [2.75, 3.05) is 6.61 Å². The van der Waals surface area contributed by atoms with Crippen LogP contribution in [0.2, 0.25) is 5.02 Å². The van der Waals surface area contributed by atoms with Gasteiger partial charge in [-0.05, 0) is 37.1 Å². The van der Waals surface area contributed by atoms with Crippen LogP contribution in [-0.2, 0) is 9.53 Å². The molecule has 5 heteroatoms. The number of benzene rings is 1. The number of nitrogens with zero attached hydrogens (tertiary/aromatic N) is 1. The Kier molecular flexibility index (Phi) is 5.21. The highest BCUT2D eigenvalue weighted by Gasteiger charge is 2.15. The number of hydrogen-bond acceptors (Lipinski definition) is 3. The van der Waals surface area contributed by atoms with Crippen molar-refractivity contribution < 1.29 is 9.53 Å². The predicted octanol–water partition coefficient (Wildman–Crippen LogP) is 4.51. The normalized spacial score (nSPS) is 12.3. The van der Waals surface area contributed by atoms with Gasteiger partial charge < -0.3 is 4.74 Å². The standard InChI is InChI=1S/C15H15Cl2NO2/c1-2-20-14(19)8-7-13(17)11-5-6-12(16)10-4-3-9-18-15(10)11/h3-6,9,13H,2,7-8H2,1H3. The van der Waals surface area contributed by atoms with Crippen molar-refractivity contribution in [2.45, 2.75) is 25.1 Å². The number of fused-ring (bicyclic) bond motifs is 1. The average molecular weight is 312 g/mol. The number of carbonyl (C=O) groups is 1. The lowest BCUT2D eigenvalue weighted by atomic mass is 10.0. The van der Waals surface area contributed by atoms with Gasteiger partial charge in [0.15, 0.2) is 0 Å². The molecule has 0 N–H and O–H groups in total. The summed E-state index contributed by atoms with van der Waals surface area (Å²) in [5.41, 5.74) is 1.67. The van der Waals surface area contributed by atoms with Crippen LogP contribution < -0.4 is 0 Å². The molecule has 1 aromatic carbocycles. The molecule has 0 saturated heterocycles. The lowest BCUT2D eigenvalue weighted by Gasteiger charge is -2.12. The topological polar surface area (TPSA) is 39.2 Å². The molecule has 1 unspecified atom stereocenters. The van der Waals surface area contributed by atoms with E-state index >= 15 is 0 Å². The fraction of sp³-hybridized carbons (Fsp3) is 0.333. The summed E-state index contributed by atoms with van der Waals surface area (Å²) in [7, 11) is 0. The van der Waals surface area contributed by atoms with Gasteiger partial charge in [0.2, 0.25) is 0 Å². The largest absolute Gasteiger partial charge is 0.466 e. The Bertz CT molecular complexity index is 616. The van der Waals surface area contributed by atoms with Crippen LogP contribution in [0, 0.1) is 0 Å². The average Bonchev–Trinajstić information content (AvgIpc) is 2.46. The van der Waals surface area contributed by atoms with Crippen molar-refractivity contribution in [3.8, 4) is 0 Å². The van der Waals surface area contributed by atoms with E-state index in [0.717, 1.165) is 16.5 Å². The zero-order chi connectivity index (χ0) is 14.5. The summed E-state index contributed by atoms with van der Waals surface area (Å²) in [5.74, 6) is -0.232. The van der Waals surface area contributed by atoms with Gasteiger partial charge in [-0.25, -0.2) is 0 Å². The van der Waals surface area contributed by atoms with Gasteiger partial charge in [-0.3, -0.25) is 9.78 Å². The number of rotatable bonds is 5. The molecule has 3 nitrogen and oxygen atoms in total. The molecule has 0 radical (unpaired) electrons. The van der Waals surface area contributed by atoms with Gasteiger partial charge in [-0.1, -0.05) is 17.7 Å². The zero-order valence-corrected chi connectivity index (χ0v) is 12.6. The Labute approximate surface area is 127 Å². The van der Waals surface area contributed by atoms with Gasteiger partial charge in [-0.2, -0.15) is 0 Å². The number of esters is 1. The third-order valence-electron chi connectivity index (χ3n) is 2.99. The Morgan fingerprint density at radius 3 is 2.95 bits per heavy atom. The Balaban J connectivity index is 2.20. The Morgan fingerprint density at radius 1 is 1.40 bits per heavy atom. The van der Waals surface area contributed by atoms with Crippen LogP contribution >= 0.6 is 23.2 Å². The first kappa shape index (κ1) is 15.1. The molecule has 0 saturated carbocycles. The molecule has 0 aliphatic rings. The summed E-state index contributed by atoms with van der Waals surface area (Å²) in [6.45, 7) is 2.17. The van der Waals surface area contributed by atoms with Crippen LogP contribution in [0.1, 0.15) is 30.7 Å². The number of aromatic nitrogens is 1. The van der Waals surface area contributed by atoms with Crippen LogP contribution in [0.3, 0.4) is 0 Å². The summed E-state index contributed by atoms with van der Waals surface area (Å²) in [4.78, 5) is 15.7. The summed E-state index contributed by atoms with van der Waals surface area (Å²) >= 11 is 12.5. The first-order valence-corrected chi connectivity index (χ1v) is 7.27. The van der Waals surface area contributed by atoms with Gasteiger partial charge in [0, 0.05) is 23.0 Å². The summed E-state index contributed by atoms with van der Waals surface area (Å²) in [5, 5.41) is 1.22. The summed E-state index contributed by atoms with van der Waals surface area (Å²) in [6, 6.07) is 7.41. The second kappa shape index (κ2) is 6.91. The van der Waals surface area contributed by atoms with Crippen molar-refractivity contribution in [3.63, 3.8) is 0 Å².